The van der Waals surface area contributed by atoms with E-state index < -0.39 is 8.32 Å². The van der Waals surface area contributed by atoms with Gasteiger partial charge in [-0.1, -0.05) is 41.5 Å². The lowest BCUT2D eigenvalue weighted by Crippen LogP contribution is -2.48. The average molecular weight is 244 g/mol. The van der Waals surface area contributed by atoms with E-state index in [1.807, 2.05) is 0 Å². The van der Waals surface area contributed by atoms with Crippen molar-refractivity contribution in [2.75, 3.05) is 13.2 Å². The molecule has 1 aliphatic rings. The minimum absolute atomic E-state index is 0.498. The fourth-order valence-corrected chi connectivity index (χ4v) is 8.57. The van der Waals surface area contributed by atoms with Crippen LogP contribution in [0.1, 0.15) is 48.0 Å². The molecule has 1 atom stereocenters. The van der Waals surface area contributed by atoms with Crippen LogP contribution in [0.25, 0.3) is 0 Å². The smallest absolute Gasteiger partial charge is 0.200 e. The first-order valence-corrected chi connectivity index (χ1v) is 8.80. The molecule has 0 amide bonds. The number of ether oxygens (including phenoxy) is 1. The lowest BCUT2D eigenvalue weighted by molar-refractivity contribution is 0.253. The van der Waals surface area contributed by atoms with Crippen LogP contribution in [-0.4, -0.2) is 27.6 Å². The quantitative estimate of drug-likeness (QED) is 0.499. The van der Waals surface area contributed by atoms with Crippen LogP contribution in [0.3, 0.4) is 0 Å². The van der Waals surface area contributed by atoms with Crippen LogP contribution in [0.4, 0.5) is 0 Å². The second kappa shape index (κ2) is 5.65. The molecule has 0 radical (unpaired) electrons. The first kappa shape index (κ1) is 14.2. The summed E-state index contributed by atoms with van der Waals surface area (Å²) in [5, 5.41) is 0. The SMILES string of the molecule is CC(C)[Si](OCCC1CO1)(C(C)C)C(C)C. The molecule has 1 rings (SSSR count). The molecule has 1 fully saturated rings. The molecule has 1 saturated heterocycles. The summed E-state index contributed by atoms with van der Waals surface area (Å²) in [7, 11) is -1.62. The van der Waals surface area contributed by atoms with E-state index in [-0.39, 0.29) is 0 Å². The van der Waals surface area contributed by atoms with Crippen LogP contribution in [0.2, 0.25) is 16.6 Å². The van der Waals surface area contributed by atoms with Crippen LogP contribution in [0.15, 0.2) is 0 Å². The molecule has 0 aromatic carbocycles. The highest BCUT2D eigenvalue weighted by atomic mass is 28.4. The van der Waals surface area contributed by atoms with Crippen LogP contribution < -0.4 is 0 Å². The van der Waals surface area contributed by atoms with Crippen molar-refractivity contribution in [3.8, 4) is 0 Å². The van der Waals surface area contributed by atoms with Gasteiger partial charge >= 0.3 is 0 Å². The van der Waals surface area contributed by atoms with Gasteiger partial charge in [-0.15, -0.1) is 0 Å². The topological polar surface area (TPSA) is 21.8 Å². The molecule has 0 aliphatic carbocycles. The van der Waals surface area contributed by atoms with E-state index in [0.29, 0.717) is 22.7 Å². The van der Waals surface area contributed by atoms with Crippen molar-refractivity contribution in [3.05, 3.63) is 0 Å². The van der Waals surface area contributed by atoms with Crippen molar-refractivity contribution in [3.63, 3.8) is 0 Å². The van der Waals surface area contributed by atoms with Crippen molar-refractivity contribution in [1.29, 1.82) is 0 Å². The summed E-state index contributed by atoms with van der Waals surface area (Å²) in [5.74, 6) is 0. The molecule has 16 heavy (non-hydrogen) atoms. The highest BCUT2D eigenvalue weighted by molar-refractivity contribution is 6.77. The highest BCUT2D eigenvalue weighted by Gasteiger charge is 2.45. The molecule has 0 bridgehead atoms. The Kier molecular flexibility index (Phi) is 5.01. The van der Waals surface area contributed by atoms with Gasteiger partial charge in [0, 0.05) is 6.61 Å². The fraction of sp³-hybridized carbons (Fsp3) is 1.00. The number of epoxide rings is 1. The van der Waals surface area contributed by atoms with Gasteiger partial charge in [-0.3, -0.25) is 0 Å². The van der Waals surface area contributed by atoms with E-state index in [9.17, 15) is 0 Å². The minimum atomic E-state index is -1.62. The van der Waals surface area contributed by atoms with Crippen LogP contribution in [-0.2, 0) is 9.16 Å². The molecule has 0 aromatic heterocycles. The zero-order chi connectivity index (χ0) is 12.3. The Morgan fingerprint density at radius 1 is 1.06 bits per heavy atom. The molecule has 0 saturated carbocycles. The van der Waals surface area contributed by atoms with Gasteiger partial charge in [0.15, 0.2) is 8.32 Å². The Hall–Kier alpha value is 0.137. The van der Waals surface area contributed by atoms with Crippen molar-refractivity contribution in [2.24, 2.45) is 0 Å². The predicted molar refractivity (Wildman–Crippen MR) is 71.4 cm³/mol. The zero-order valence-electron chi connectivity index (χ0n) is 11.7. The van der Waals surface area contributed by atoms with Gasteiger partial charge in [-0.2, -0.15) is 0 Å². The van der Waals surface area contributed by atoms with Gasteiger partial charge in [0.2, 0.25) is 0 Å². The largest absolute Gasteiger partial charge is 0.416 e. The summed E-state index contributed by atoms with van der Waals surface area (Å²) in [6.07, 6.45) is 1.58. The summed E-state index contributed by atoms with van der Waals surface area (Å²) >= 11 is 0. The van der Waals surface area contributed by atoms with E-state index in [1.165, 1.54) is 0 Å². The molecule has 2 nitrogen and oxygen atoms in total. The van der Waals surface area contributed by atoms with Crippen molar-refractivity contribution in [2.45, 2.75) is 70.7 Å². The molecular weight excluding hydrogens is 216 g/mol. The summed E-state index contributed by atoms with van der Waals surface area (Å²) in [6, 6.07) is 0. The molecular formula is C13H28O2Si. The third-order valence-electron chi connectivity index (χ3n) is 3.90. The molecule has 96 valence electrons. The monoisotopic (exact) mass is 244 g/mol. The molecule has 0 N–H and O–H groups in total. The predicted octanol–water partition coefficient (Wildman–Crippen LogP) is 3.97. The number of hydrogen-bond acceptors (Lipinski definition) is 2. The molecule has 0 aromatic rings. The third kappa shape index (κ3) is 3.08. The fourth-order valence-electron chi connectivity index (χ4n) is 3.10. The van der Waals surface area contributed by atoms with E-state index >= 15 is 0 Å². The maximum absolute atomic E-state index is 6.42. The van der Waals surface area contributed by atoms with E-state index in [4.69, 9.17) is 9.16 Å². The number of rotatable bonds is 7. The van der Waals surface area contributed by atoms with Crippen molar-refractivity contribution in [1.82, 2.24) is 0 Å². The second-order valence-corrected chi connectivity index (χ2v) is 11.4. The van der Waals surface area contributed by atoms with Gasteiger partial charge < -0.3 is 9.16 Å². The summed E-state index contributed by atoms with van der Waals surface area (Å²) in [6.45, 7) is 15.8. The lowest BCUT2D eigenvalue weighted by atomic mass is 10.4. The van der Waals surface area contributed by atoms with Gasteiger partial charge in [0.25, 0.3) is 0 Å². The summed E-state index contributed by atoms with van der Waals surface area (Å²) in [4.78, 5) is 0. The van der Waals surface area contributed by atoms with Crippen LogP contribution in [0, 0.1) is 0 Å². The maximum Gasteiger partial charge on any atom is 0.200 e. The zero-order valence-corrected chi connectivity index (χ0v) is 12.7. The Morgan fingerprint density at radius 2 is 1.50 bits per heavy atom. The molecule has 1 heterocycles. The Bertz CT molecular complexity index is 188. The highest BCUT2D eigenvalue weighted by Crippen LogP contribution is 2.42. The van der Waals surface area contributed by atoms with Crippen LogP contribution in [0.5, 0.6) is 0 Å². The van der Waals surface area contributed by atoms with E-state index in [1.54, 1.807) is 0 Å². The maximum atomic E-state index is 6.42. The van der Waals surface area contributed by atoms with E-state index in [0.717, 1.165) is 19.6 Å². The summed E-state index contributed by atoms with van der Waals surface area (Å²) < 4.78 is 11.7. The standard InChI is InChI=1S/C13H28O2Si/c1-10(2)16(11(3)4,12(5)6)15-8-7-13-9-14-13/h10-13H,7-9H2,1-6H3. The Morgan fingerprint density at radius 3 is 1.81 bits per heavy atom. The van der Waals surface area contributed by atoms with Gasteiger partial charge in [-0.25, -0.2) is 0 Å². The third-order valence-corrected chi connectivity index (χ3v) is 10.0. The molecule has 0 spiro atoms. The van der Waals surface area contributed by atoms with Crippen molar-refractivity contribution >= 4 is 8.32 Å². The van der Waals surface area contributed by atoms with Crippen molar-refractivity contribution < 1.29 is 9.16 Å². The van der Waals surface area contributed by atoms with Gasteiger partial charge in [-0.05, 0) is 23.0 Å². The molecule has 3 heteroatoms. The lowest BCUT2D eigenvalue weighted by Gasteiger charge is -2.42. The van der Waals surface area contributed by atoms with Crippen LogP contribution >= 0.6 is 0 Å². The van der Waals surface area contributed by atoms with Gasteiger partial charge in [0.05, 0.1) is 12.7 Å². The average Bonchev–Trinajstić information content (AvgIpc) is 2.93. The first-order valence-electron chi connectivity index (χ1n) is 6.66. The minimum Gasteiger partial charge on any atom is -0.416 e. The van der Waals surface area contributed by atoms with E-state index in [2.05, 4.69) is 41.5 Å². The second-order valence-electron chi connectivity index (χ2n) is 5.91. The first-order chi connectivity index (χ1) is 7.41. The normalized spacial score (nSPS) is 21.2. The molecule has 1 aliphatic heterocycles. The Labute approximate surface area is 102 Å². The number of hydrogen-bond donors (Lipinski definition) is 0. The summed E-state index contributed by atoms with van der Waals surface area (Å²) in [5.41, 5.74) is 2.06. The molecule has 1 unspecified atom stereocenters. The Balaban J connectivity index is 2.58. The van der Waals surface area contributed by atoms with Gasteiger partial charge in [0.1, 0.15) is 0 Å².